The molecule has 0 radical (unpaired) electrons. The van der Waals surface area contributed by atoms with Crippen LogP contribution in [0, 0.1) is 5.41 Å². The Kier molecular flexibility index (Phi) is 5.42. The van der Waals surface area contributed by atoms with Crippen LogP contribution in [-0.4, -0.2) is 62.2 Å². The van der Waals surface area contributed by atoms with Gasteiger partial charge in [0.15, 0.2) is 0 Å². The summed E-state index contributed by atoms with van der Waals surface area (Å²) in [6, 6.07) is 1.38. The molecule has 0 aromatic carbocycles. The molecule has 3 heteroatoms. The van der Waals surface area contributed by atoms with E-state index in [0.717, 1.165) is 13.1 Å². The first-order valence-corrected chi connectivity index (χ1v) is 6.92. The van der Waals surface area contributed by atoms with Gasteiger partial charge >= 0.3 is 0 Å². The van der Waals surface area contributed by atoms with E-state index in [4.69, 9.17) is 0 Å². The minimum atomic E-state index is 0.356. The molecule has 1 aliphatic heterocycles. The van der Waals surface area contributed by atoms with Gasteiger partial charge in [0.1, 0.15) is 0 Å². The topological polar surface area (TPSA) is 18.5 Å². The van der Waals surface area contributed by atoms with Crippen molar-refractivity contribution in [3.05, 3.63) is 0 Å². The number of rotatable bonds is 6. The molecule has 0 spiro atoms. The zero-order valence-corrected chi connectivity index (χ0v) is 12.6. The van der Waals surface area contributed by atoms with E-state index in [9.17, 15) is 0 Å². The van der Waals surface area contributed by atoms with Gasteiger partial charge in [0.05, 0.1) is 0 Å². The van der Waals surface area contributed by atoms with Gasteiger partial charge < -0.3 is 10.2 Å². The van der Waals surface area contributed by atoms with E-state index in [1.807, 2.05) is 0 Å². The second kappa shape index (κ2) is 6.17. The molecule has 1 fully saturated rings. The van der Waals surface area contributed by atoms with Gasteiger partial charge in [-0.15, -0.1) is 0 Å². The molecule has 17 heavy (non-hydrogen) atoms. The fourth-order valence-corrected chi connectivity index (χ4v) is 2.76. The summed E-state index contributed by atoms with van der Waals surface area (Å²) in [6.07, 6.45) is 1.30. The SMILES string of the molecule is CC(C)N1CCC(NCC(C)(C)CN(C)C)C1. The third-order valence-electron chi connectivity index (χ3n) is 3.56. The van der Waals surface area contributed by atoms with Crippen LogP contribution in [0.4, 0.5) is 0 Å². The summed E-state index contributed by atoms with van der Waals surface area (Å²) in [5.74, 6) is 0. The molecule has 1 unspecified atom stereocenters. The monoisotopic (exact) mass is 241 g/mol. The van der Waals surface area contributed by atoms with E-state index < -0.39 is 0 Å². The van der Waals surface area contributed by atoms with Crippen LogP contribution in [0.5, 0.6) is 0 Å². The van der Waals surface area contributed by atoms with Crippen molar-refractivity contribution in [1.29, 1.82) is 0 Å². The Morgan fingerprint density at radius 1 is 1.35 bits per heavy atom. The van der Waals surface area contributed by atoms with Crippen molar-refractivity contribution in [2.75, 3.05) is 40.3 Å². The van der Waals surface area contributed by atoms with E-state index >= 15 is 0 Å². The summed E-state index contributed by atoms with van der Waals surface area (Å²) < 4.78 is 0. The van der Waals surface area contributed by atoms with Gasteiger partial charge in [-0.2, -0.15) is 0 Å². The number of hydrogen-bond donors (Lipinski definition) is 1. The summed E-state index contributed by atoms with van der Waals surface area (Å²) in [7, 11) is 4.30. The highest BCUT2D eigenvalue weighted by molar-refractivity contribution is 4.85. The van der Waals surface area contributed by atoms with E-state index in [1.165, 1.54) is 19.5 Å². The highest BCUT2D eigenvalue weighted by atomic mass is 15.2. The Morgan fingerprint density at radius 2 is 2.00 bits per heavy atom. The number of hydrogen-bond acceptors (Lipinski definition) is 3. The molecule has 1 N–H and O–H groups in total. The Bertz CT molecular complexity index is 224. The van der Waals surface area contributed by atoms with Crippen LogP contribution in [0.3, 0.4) is 0 Å². The lowest BCUT2D eigenvalue weighted by atomic mass is 9.92. The van der Waals surface area contributed by atoms with Crippen LogP contribution in [0.2, 0.25) is 0 Å². The van der Waals surface area contributed by atoms with Gasteiger partial charge in [0.25, 0.3) is 0 Å². The van der Waals surface area contributed by atoms with Crippen molar-refractivity contribution in [1.82, 2.24) is 15.1 Å². The molecule has 102 valence electrons. The molecule has 0 bridgehead atoms. The largest absolute Gasteiger partial charge is 0.312 e. The number of likely N-dealkylation sites (tertiary alicyclic amines) is 1. The molecule has 1 aliphatic rings. The number of nitrogens with zero attached hydrogens (tertiary/aromatic N) is 2. The van der Waals surface area contributed by atoms with Crippen molar-refractivity contribution in [3.63, 3.8) is 0 Å². The van der Waals surface area contributed by atoms with Crippen molar-refractivity contribution < 1.29 is 0 Å². The second-order valence-corrected chi connectivity index (χ2v) is 6.86. The predicted molar refractivity (Wildman–Crippen MR) is 75.5 cm³/mol. The Hall–Kier alpha value is -0.120. The number of nitrogens with one attached hydrogen (secondary N) is 1. The van der Waals surface area contributed by atoms with Crippen LogP contribution in [0.15, 0.2) is 0 Å². The zero-order chi connectivity index (χ0) is 13.1. The first kappa shape index (κ1) is 14.9. The maximum Gasteiger partial charge on any atom is 0.0207 e. The Balaban J connectivity index is 2.27. The van der Waals surface area contributed by atoms with E-state index in [0.29, 0.717) is 17.5 Å². The molecule has 1 heterocycles. The molecule has 3 nitrogen and oxygen atoms in total. The van der Waals surface area contributed by atoms with Gasteiger partial charge in [0, 0.05) is 31.7 Å². The smallest absolute Gasteiger partial charge is 0.0207 e. The fraction of sp³-hybridized carbons (Fsp3) is 1.00. The van der Waals surface area contributed by atoms with Crippen LogP contribution in [0.1, 0.15) is 34.1 Å². The highest BCUT2D eigenvalue weighted by Gasteiger charge is 2.26. The Morgan fingerprint density at radius 3 is 2.47 bits per heavy atom. The zero-order valence-electron chi connectivity index (χ0n) is 12.6. The van der Waals surface area contributed by atoms with Crippen molar-refractivity contribution in [3.8, 4) is 0 Å². The first-order valence-electron chi connectivity index (χ1n) is 6.92. The van der Waals surface area contributed by atoms with Gasteiger partial charge in [-0.3, -0.25) is 4.90 Å². The average molecular weight is 241 g/mol. The lowest BCUT2D eigenvalue weighted by molar-refractivity contribution is 0.220. The molecule has 1 atom stereocenters. The normalized spacial score (nSPS) is 22.9. The Labute approximate surface area is 108 Å². The van der Waals surface area contributed by atoms with Gasteiger partial charge in [-0.05, 0) is 46.3 Å². The van der Waals surface area contributed by atoms with Gasteiger partial charge in [-0.25, -0.2) is 0 Å². The van der Waals surface area contributed by atoms with Crippen LogP contribution >= 0.6 is 0 Å². The van der Waals surface area contributed by atoms with Crippen molar-refractivity contribution in [2.24, 2.45) is 5.41 Å². The average Bonchev–Trinajstić information content (AvgIpc) is 2.61. The standard InChI is InChI=1S/C14H31N3/c1-12(2)17-8-7-13(9-17)15-10-14(3,4)11-16(5)6/h12-13,15H,7-11H2,1-6H3. The lowest BCUT2D eigenvalue weighted by Gasteiger charge is -2.30. The van der Waals surface area contributed by atoms with E-state index in [-0.39, 0.29) is 0 Å². The molecule has 1 saturated heterocycles. The minimum Gasteiger partial charge on any atom is -0.312 e. The molecule has 0 aromatic rings. The molecule has 0 aromatic heterocycles. The summed E-state index contributed by atoms with van der Waals surface area (Å²) >= 11 is 0. The highest BCUT2D eigenvalue weighted by Crippen LogP contribution is 2.17. The van der Waals surface area contributed by atoms with Crippen molar-refractivity contribution in [2.45, 2.75) is 46.2 Å². The van der Waals surface area contributed by atoms with Gasteiger partial charge in [-0.1, -0.05) is 13.8 Å². The second-order valence-electron chi connectivity index (χ2n) is 6.86. The maximum absolute atomic E-state index is 3.74. The molecule has 0 aliphatic carbocycles. The van der Waals surface area contributed by atoms with E-state index in [2.05, 4.69) is 56.9 Å². The van der Waals surface area contributed by atoms with Crippen LogP contribution in [-0.2, 0) is 0 Å². The first-order chi connectivity index (χ1) is 7.80. The van der Waals surface area contributed by atoms with Gasteiger partial charge in [0.2, 0.25) is 0 Å². The summed E-state index contributed by atoms with van der Waals surface area (Å²) in [6.45, 7) is 14.0. The molecule has 0 amide bonds. The summed E-state index contributed by atoms with van der Waals surface area (Å²) in [5.41, 5.74) is 0.356. The molecule has 1 rings (SSSR count). The quantitative estimate of drug-likeness (QED) is 0.763. The van der Waals surface area contributed by atoms with Crippen molar-refractivity contribution >= 4 is 0 Å². The molecular weight excluding hydrogens is 210 g/mol. The minimum absolute atomic E-state index is 0.356. The maximum atomic E-state index is 3.74. The summed E-state index contributed by atoms with van der Waals surface area (Å²) in [5, 5.41) is 3.74. The third-order valence-corrected chi connectivity index (χ3v) is 3.56. The predicted octanol–water partition coefficient (Wildman–Crippen LogP) is 1.65. The molecular formula is C14H31N3. The third kappa shape index (κ3) is 5.36. The fourth-order valence-electron chi connectivity index (χ4n) is 2.76. The van der Waals surface area contributed by atoms with Crippen LogP contribution in [0.25, 0.3) is 0 Å². The summed E-state index contributed by atoms with van der Waals surface area (Å²) in [4.78, 5) is 4.84. The van der Waals surface area contributed by atoms with Crippen LogP contribution < -0.4 is 5.32 Å². The molecule has 0 saturated carbocycles. The lowest BCUT2D eigenvalue weighted by Crippen LogP contribution is -2.43. The van der Waals surface area contributed by atoms with E-state index in [1.54, 1.807) is 0 Å².